The number of aromatic carboxylic acids is 1. The van der Waals surface area contributed by atoms with Crippen LogP contribution < -0.4 is 0 Å². The van der Waals surface area contributed by atoms with Crippen molar-refractivity contribution in [2.75, 3.05) is 0 Å². The van der Waals surface area contributed by atoms with Crippen LogP contribution >= 0.6 is 0 Å². The van der Waals surface area contributed by atoms with Gasteiger partial charge in [-0.25, -0.2) is 13.2 Å². The molecule has 23 heavy (non-hydrogen) atoms. The number of carbonyl (C=O) groups is 3. The molecule has 2 amide bonds. The number of sulfonamides is 1. The zero-order valence-corrected chi connectivity index (χ0v) is 13.0. The maximum Gasteiger partial charge on any atom is 0.335 e. The largest absolute Gasteiger partial charge is 0.478 e. The Hall–Kier alpha value is -2.22. The first-order valence-corrected chi connectivity index (χ1v) is 8.74. The maximum atomic E-state index is 12.6. The van der Waals surface area contributed by atoms with Crippen LogP contribution in [0.3, 0.4) is 0 Å². The van der Waals surface area contributed by atoms with Crippen LogP contribution in [0.2, 0.25) is 0 Å². The topological polar surface area (TPSA) is 109 Å². The summed E-state index contributed by atoms with van der Waals surface area (Å²) in [5, 5.41) is 8.85. The molecule has 0 bridgehead atoms. The lowest BCUT2D eigenvalue weighted by Gasteiger charge is -2.19. The van der Waals surface area contributed by atoms with Crippen LogP contribution in [0.1, 0.15) is 36.0 Å². The molecule has 1 N–H and O–H groups in total. The average Bonchev–Trinajstić information content (AvgIpc) is 2.80. The zero-order chi connectivity index (χ0) is 16.8. The monoisotopic (exact) mass is 337 g/mol. The number of nitrogens with zero attached hydrogens (tertiary/aromatic N) is 1. The molecule has 122 valence electrons. The molecule has 0 aromatic heterocycles. The van der Waals surface area contributed by atoms with E-state index in [1.54, 1.807) is 0 Å². The normalized spacial score (nSPS) is 24.6. The molecule has 1 aliphatic carbocycles. The lowest BCUT2D eigenvalue weighted by molar-refractivity contribution is -0.133. The van der Waals surface area contributed by atoms with Crippen LogP contribution in [0.5, 0.6) is 0 Å². The molecule has 0 spiro atoms. The molecule has 1 heterocycles. The summed E-state index contributed by atoms with van der Waals surface area (Å²) in [6.07, 6.45) is 2.67. The Bertz CT molecular complexity index is 759. The number of imide groups is 1. The Morgan fingerprint density at radius 1 is 1.00 bits per heavy atom. The van der Waals surface area contributed by atoms with Crippen molar-refractivity contribution in [3.05, 3.63) is 29.8 Å². The van der Waals surface area contributed by atoms with Gasteiger partial charge in [-0.15, -0.1) is 0 Å². The quantitative estimate of drug-likeness (QED) is 0.831. The van der Waals surface area contributed by atoms with Crippen LogP contribution in [-0.4, -0.2) is 35.6 Å². The molecule has 8 heteroatoms. The standard InChI is InChI=1S/C15H15NO6S/c17-13-11-3-1-2-4-12(11)14(18)16(13)23(21,22)10-7-5-9(6-8-10)15(19)20/h5-8,11-12H,1-4H2,(H,19,20). The highest BCUT2D eigenvalue weighted by Gasteiger charge is 2.53. The third-order valence-corrected chi connectivity index (χ3v) is 6.15. The minimum absolute atomic E-state index is 0.0725. The molecule has 2 aliphatic rings. The van der Waals surface area contributed by atoms with Crippen LogP contribution in [-0.2, 0) is 19.6 Å². The zero-order valence-electron chi connectivity index (χ0n) is 12.1. The van der Waals surface area contributed by atoms with E-state index in [4.69, 9.17) is 5.11 Å². The number of carboxylic acid groups (broad SMARTS) is 1. The molecule has 2 unspecified atom stereocenters. The van der Waals surface area contributed by atoms with E-state index in [9.17, 15) is 22.8 Å². The third kappa shape index (κ3) is 2.42. The summed E-state index contributed by atoms with van der Waals surface area (Å²) in [7, 11) is -4.30. The van der Waals surface area contributed by atoms with E-state index in [1.807, 2.05) is 0 Å². The van der Waals surface area contributed by atoms with Crippen LogP contribution in [0, 0.1) is 11.8 Å². The van der Waals surface area contributed by atoms with Gasteiger partial charge in [0.05, 0.1) is 22.3 Å². The van der Waals surface area contributed by atoms with Crippen molar-refractivity contribution in [1.29, 1.82) is 0 Å². The number of carboxylic acids is 1. The first-order chi connectivity index (χ1) is 10.8. The predicted octanol–water partition coefficient (Wildman–Crippen LogP) is 1.25. The molecule has 1 saturated carbocycles. The number of rotatable bonds is 3. The Labute approximate surface area is 133 Å². The van der Waals surface area contributed by atoms with E-state index in [-0.39, 0.29) is 10.5 Å². The minimum atomic E-state index is -4.30. The summed E-state index contributed by atoms with van der Waals surface area (Å²) < 4.78 is 25.6. The summed E-state index contributed by atoms with van der Waals surface area (Å²) in [6, 6.07) is 4.46. The van der Waals surface area contributed by atoms with E-state index in [2.05, 4.69) is 0 Å². The SMILES string of the molecule is O=C(O)c1ccc(S(=O)(=O)N2C(=O)C3CCCCC3C2=O)cc1. The minimum Gasteiger partial charge on any atom is -0.478 e. The van der Waals surface area contributed by atoms with Gasteiger partial charge in [0, 0.05) is 0 Å². The number of carbonyl (C=O) groups excluding carboxylic acids is 2. The van der Waals surface area contributed by atoms with Gasteiger partial charge in [-0.1, -0.05) is 12.8 Å². The van der Waals surface area contributed by atoms with E-state index < -0.39 is 39.6 Å². The van der Waals surface area contributed by atoms with E-state index in [0.717, 1.165) is 37.1 Å². The molecule has 2 fully saturated rings. The van der Waals surface area contributed by atoms with Gasteiger partial charge in [0.25, 0.3) is 10.0 Å². The van der Waals surface area contributed by atoms with Crippen molar-refractivity contribution < 1.29 is 27.9 Å². The van der Waals surface area contributed by atoms with Crippen molar-refractivity contribution in [1.82, 2.24) is 4.31 Å². The van der Waals surface area contributed by atoms with E-state index in [0.29, 0.717) is 17.1 Å². The number of hydrogen-bond acceptors (Lipinski definition) is 5. The molecular weight excluding hydrogens is 322 g/mol. The van der Waals surface area contributed by atoms with Crippen molar-refractivity contribution in [2.45, 2.75) is 30.6 Å². The second-order valence-corrected chi connectivity index (χ2v) is 7.56. The second kappa shape index (κ2) is 5.45. The Kier molecular flexibility index (Phi) is 3.71. The highest BCUT2D eigenvalue weighted by molar-refractivity contribution is 7.90. The summed E-state index contributed by atoms with van der Waals surface area (Å²) in [4.78, 5) is 35.3. The van der Waals surface area contributed by atoms with Crippen molar-refractivity contribution in [3.8, 4) is 0 Å². The van der Waals surface area contributed by atoms with Crippen molar-refractivity contribution in [3.63, 3.8) is 0 Å². The molecule has 3 rings (SSSR count). The number of fused-ring (bicyclic) bond motifs is 1. The highest BCUT2D eigenvalue weighted by Crippen LogP contribution is 2.40. The molecule has 2 atom stereocenters. The molecular formula is C15H15NO6S. The van der Waals surface area contributed by atoms with Crippen molar-refractivity contribution >= 4 is 27.8 Å². The van der Waals surface area contributed by atoms with Gasteiger partial charge in [-0.3, -0.25) is 9.59 Å². The summed E-state index contributed by atoms with van der Waals surface area (Å²) >= 11 is 0. The molecule has 1 aromatic rings. The first kappa shape index (κ1) is 15.7. The molecule has 1 saturated heterocycles. The fourth-order valence-electron chi connectivity index (χ4n) is 3.24. The summed E-state index contributed by atoms with van der Waals surface area (Å²) in [6.45, 7) is 0. The highest BCUT2D eigenvalue weighted by atomic mass is 32.2. The Morgan fingerprint density at radius 3 is 1.91 bits per heavy atom. The smallest absolute Gasteiger partial charge is 0.335 e. The molecule has 1 aliphatic heterocycles. The lowest BCUT2D eigenvalue weighted by atomic mass is 9.81. The van der Waals surface area contributed by atoms with Crippen LogP contribution in [0.15, 0.2) is 29.2 Å². The van der Waals surface area contributed by atoms with Gasteiger partial charge in [-0.2, -0.15) is 4.31 Å². The van der Waals surface area contributed by atoms with E-state index >= 15 is 0 Å². The second-order valence-electron chi connectivity index (χ2n) is 5.77. The predicted molar refractivity (Wildman–Crippen MR) is 77.9 cm³/mol. The third-order valence-electron chi connectivity index (χ3n) is 4.44. The summed E-state index contributed by atoms with van der Waals surface area (Å²) in [5.74, 6) is -3.62. The number of amides is 2. The fraction of sp³-hybridized carbons (Fsp3) is 0.400. The van der Waals surface area contributed by atoms with Gasteiger partial charge in [-0.05, 0) is 37.1 Å². The fourth-order valence-corrected chi connectivity index (χ4v) is 4.68. The van der Waals surface area contributed by atoms with E-state index in [1.165, 1.54) is 0 Å². The van der Waals surface area contributed by atoms with Gasteiger partial charge >= 0.3 is 5.97 Å². The van der Waals surface area contributed by atoms with Crippen molar-refractivity contribution in [2.24, 2.45) is 11.8 Å². The van der Waals surface area contributed by atoms with Gasteiger partial charge in [0.2, 0.25) is 11.8 Å². The number of benzene rings is 1. The Morgan fingerprint density at radius 2 is 1.48 bits per heavy atom. The average molecular weight is 337 g/mol. The van der Waals surface area contributed by atoms with Crippen LogP contribution in [0.25, 0.3) is 0 Å². The summed E-state index contributed by atoms with van der Waals surface area (Å²) in [5.41, 5.74) is -0.0725. The molecule has 7 nitrogen and oxygen atoms in total. The van der Waals surface area contributed by atoms with Gasteiger partial charge < -0.3 is 5.11 Å². The molecule has 1 aromatic carbocycles. The van der Waals surface area contributed by atoms with Gasteiger partial charge in [0.1, 0.15) is 0 Å². The maximum absolute atomic E-state index is 12.6. The molecule has 0 radical (unpaired) electrons. The lowest BCUT2D eigenvalue weighted by Crippen LogP contribution is -2.37. The Balaban J connectivity index is 1.97. The van der Waals surface area contributed by atoms with Crippen LogP contribution in [0.4, 0.5) is 0 Å². The number of hydrogen-bond donors (Lipinski definition) is 1. The first-order valence-electron chi connectivity index (χ1n) is 7.30. The van der Waals surface area contributed by atoms with Gasteiger partial charge in [0.15, 0.2) is 0 Å².